The van der Waals surface area contributed by atoms with Gasteiger partial charge in [0.2, 0.25) is 5.78 Å². The van der Waals surface area contributed by atoms with Gasteiger partial charge in [-0.2, -0.15) is 0 Å². The standard InChI is InChI=1S/C21H19NO3/c1-13-20(17-7-2-3-8-18(17)22-13)19(23)12-25-21(24)16-10-9-14-5-4-6-15(14)11-16/h2-3,7-11,22H,4-6,12H2,1H3. The predicted molar refractivity (Wildman–Crippen MR) is 96.1 cm³/mol. The van der Waals surface area contributed by atoms with E-state index < -0.39 is 5.97 Å². The number of aromatic nitrogens is 1. The van der Waals surface area contributed by atoms with Gasteiger partial charge in [-0.3, -0.25) is 4.79 Å². The number of nitrogens with one attached hydrogen (secondary N) is 1. The predicted octanol–water partition coefficient (Wildman–Crippen LogP) is 4.00. The van der Waals surface area contributed by atoms with Gasteiger partial charge in [0.1, 0.15) is 0 Å². The molecule has 1 heterocycles. The van der Waals surface area contributed by atoms with Gasteiger partial charge in [-0.1, -0.05) is 24.3 Å². The number of aryl methyl sites for hydroxylation is 3. The molecule has 0 unspecified atom stereocenters. The summed E-state index contributed by atoms with van der Waals surface area (Å²) in [7, 11) is 0. The average Bonchev–Trinajstić information content (AvgIpc) is 3.21. The van der Waals surface area contributed by atoms with Gasteiger partial charge in [0, 0.05) is 22.2 Å². The van der Waals surface area contributed by atoms with E-state index >= 15 is 0 Å². The molecule has 0 amide bonds. The summed E-state index contributed by atoms with van der Waals surface area (Å²) in [4.78, 5) is 28.0. The maximum absolute atomic E-state index is 12.6. The molecule has 4 nitrogen and oxygen atoms in total. The fraction of sp³-hybridized carbons (Fsp3) is 0.238. The van der Waals surface area contributed by atoms with E-state index in [-0.39, 0.29) is 12.4 Å². The van der Waals surface area contributed by atoms with E-state index in [1.54, 1.807) is 6.07 Å². The van der Waals surface area contributed by atoms with Crippen LogP contribution in [0.25, 0.3) is 10.9 Å². The van der Waals surface area contributed by atoms with Crippen LogP contribution in [0.4, 0.5) is 0 Å². The van der Waals surface area contributed by atoms with Gasteiger partial charge in [0.15, 0.2) is 6.61 Å². The molecule has 4 rings (SSSR count). The highest BCUT2D eigenvalue weighted by Gasteiger charge is 2.19. The van der Waals surface area contributed by atoms with Gasteiger partial charge >= 0.3 is 5.97 Å². The molecule has 4 heteroatoms. The summed E-state index contributed by atoms with van der Waals surface area (Å²) < 4.78 is 5.27. The molecule has 25 heavy (non-hydrogen) atoms. The highest BCUT2D eigenvalue weighted by molar-refractivity contribution is 6.10. The van der Waals surface area contributed by atoms with Crippen LogP contribution in [0.2, 0.25) is 0 Å². The van der Waals surface area contributed by atoms with Crippen LogP contribution >= 0.6 is 0 Å². The van der Waals surface area contributed by atoms with Crippen molar-refractivity contribution in [3.05, 3.63) is 70.4 Å². The number of Topliss-reactive ketones (excluding diaryl/α,β-unsaturated/α-hetero) is 1. The third-order valence-corrected chi connectivity index (χ3v) is 4.84. The number of hydrogen-bond donors (Lipinski definition) is 1. The van der Waals surface area contributed by atoms with Crippen LogP contribution in [0.3, 0.4) is 0 Å². The van der Waals surface area contributed by atoms with Crippen LogP contribution in [-0.2, 0) is 17.6 Å². The van der Waals surface area contributed by atoms with E-state index in [9.17, 15) is 9.59 Å². The third kappa shape index (κ3) is 2.84. The zero-order valence-corrected chi connectivity index (χ0v) is 14.1. The molecule has 1 aliphatic rings. The highest BCUT2D eigenvalue weighted by atomic mass is 16.5. The number of ether oxygens (including phenoxy) is 1. The number of ketones is 1. The van der Waals surface area contributed by atoms with Crippen LogP contribution in [0.15, 0.2) is 42.5 Å². The third-order valence-electron chi connectivity index (χ3n) is 4.84. The van der Waals surface area contributed by atoms with E-state index in [0.717, 1.165) is 35.9 Å². The van der Waals surface area contributed by atoms with E-state index in [0.29, 0.717) is 11.1 Å². The Hall–Kier alpha value is -2.88. The molecule has 0 fully saturated rings. The van der Waals surface area contributed by atoms with Gasteiger partial charge in [-0.15, -0.1) is 0 Å². The smallest absolute Gasteiger partial charge is 0.338 e. The Balaban J connectivity index is 1.50. The van der Waals surface area contributed by atoms with E-state index in [4.69, 9.17) is 4.74 Å². The molecule has 2 aromatic carbocycles. The van der Waals surface area contributed by atoms with Crippen LogP contribution in [0, 0.1) is 6.92 Å². The van der Waals surface area contributed by atoms with Crippen molar-refractivity contribution in [2.24, 2.45) is 0 Å². The molecule has 1 N–H and O–H groups in total. The Morgan fingerprint density at radius 2 is 1.88 bits per heavy atom. The van der Waals surface area contributed by atoms with Crippen molar-refractivity contribution in [3.8, 4) is 0 Å². The van der Waals surface area contributed by atoms with Crippen molar-refractivity contribution in [2.75, 3.05) is 6.61 Å². The molecule has 1 aromatic heterocycles. The number of benzene rings is 2. The molecule has 3 aromatic rings. The summed E-state index contributed by atoms with van der Waals surface area (Å²) in [6.45, 7) is 1.61. The Bertz CT molecular complexity index is 984. The highest BCUT2D eigenvalue weighted by Crippen LogP contribution is 2.24. The molecule has 0 atom stereocenters. The maximum Gasteiger partial charge on any atom is 0.338 e. The summed E-state index contributed by atoms with van der Waals surface area (Å²) in [6, 6.07) is 13.3. The zero-order chi connectivity index (χ0) is 17.4. The SMILES string of the molecule is Cc1[nH]c2ccccc2c1C(=O)COC(=O)c1ccc2c(c1)CCC2. The van der Waals surface area contributed by atoms with Crippen LogP contribution in [0.1, 0.15) is 44.0 Å². The molecular formula is C21H19NO3. The largest absolute Gasteiger partial charge is 0.454 e. The summed E-state index contributed by atoms with van der Waals surface area (Å²) >= 11 is 0. The first kappa shape index (κ1) is 15.6. The summed E-state index contributed by atoms with van der Waals surface area (Å²) in [5.74, 6) is -0.634. The Morgan fingerprint density at radius 1 is 1.08 bits per heavy atom. The lowest BCUT2D eigenvalue weighted by Crippen LogP contribution is -2.15. The molecule has 1 aliphatic carbocycles. The Kier molecular flexibility index (Phi) is 3.88. The molecule has 0 saturated heterocycles. The van der Waals surface area contributed by atoms with Gasteiger partial charge in [-0.05, 0) is 55.5 Å². The quantitative estimate of drug-likeness (QED) is 0.580. The molecule has 0 bridgehead atoms. The van der Waals surface area contributed by atoms with Crippen LogP contribution in [0.5, 0.6) is 0 Å². The Labute approximate surface area is 145 Å². The Morgan fingerprint density at radius 3 is 2.76 bits per heavy atom. The molecular weight excluding hydrogens is 314 g/mol. The minimum Gasteiger partial charge on any atom is -0.454 e. The second-order valence-corrected chi connectivity index (χ2v) is 6.51. The van der Waals surface area contributed by atoms with Crippen LogP contribution in [-0.4, -0.2) is 23.3 Å². The van der Waals surface area contributed by atoms with Gasteiger partial charge in [-0.25, -0.2) is 4.79 Å². The van der Waals surface area contributed by atoms with Crippen molar-refractivity contribution in [1.29, 1.82) is 0 Å². The minimum absolute atomic E-state index is 0.190. The molecule has 0 saturated carbocycles. The first-order valence-electron chi connectivity index (χ1n) is 8.53. The number of carbonyl (C=O) groups is 2. The molecule has 126 valence electrons. The number of aromatic amines is 1. The average molecular weight is 333 g/mol. The summed E-state index contributed by atoms with van der Waals surface area (Å²) in [5, 5.41) is 0.860. The summed E-state index contributed by atoms with van der Waals surface area (Å²) in [6.07, 6.45) is 3.21. The number of hydrogen-bond acceptors (Lipinski definition) is 3. The maximum atomic E-state index is 12.6. The number of rotatable bonds is 4. The van der Waals surface area contributed by atoms with Gasteiger partial charge < -0.3 is 9.72 Å². The first-order valence-corrected chi connectivity index (χ1v) is 8.53. The monoisotopic (exact) mass is 333 g/mol. The normalized spacial score (nSPS) is 13.0. The number of fused-ring (bicyclic) bond motifs is 2. The van der Waals surface area contributed by atoms with Crippen molar-refractivity contribution < 1.29 is 14.3 Å². The van der Waals surface area contributed by atoms with Crippen molar-refractivity contribution in [3.63, 3.8) is 0 Å². The van der Waals surface area contributed by atoms with Crippen molar-refractivity contribution in [2.45, 2.75) is 26.2 Å². The lowest BCUT2D eigenvalue weighted by atomic mass is 10.1. The second kappa shape index (κ2) is 6.20. The van der Waals surface area contributed by atoms with Gasteiger partial charge in [0.05, 0.1) is 5.56 Å². The van der Waals surface area contributed by atoms with E-state index in [2.05, 4.69) is 4.98 Å². The number of esters is 1. The number of carbonyl (C=O) groups excluding carboxylic acids is 2. The topological polar surface area (TPSA) is 59.2 Å². The molecule has 0 spiro atoms. The van der Waals surface area contributed by atoms with Crippen LogP contribution < -0.4 is 0 Å². The van der Waals surface area contributed by atoms with Gasteiger partial charge in [0.25, 0.3) is 0 Å². The minimum atomic E-state index is -0.444. The van der Waals surface area contributed by atoms with Crippen molar-refractivity contribution in [1.82, 2.24) is 4.98 Å². The van der Waals surface area contributed by atoms with Crippen molar-refractivity contribution >= 4 is 22.7 Å². The zero-order valence-electron chi connectivity index (χ0n) is 14.1. The fourth-order valence-corrected chi connectivity index (χ4v) is 3.62. The second-order valence-electron chi connectivity index (χ2n) is 6.51. The van der Waals surface area contributed by atoms with E-state index in [1.807, 2.05) is 43.3 Å². The lowest BCUT2D eigenvalue weighted by Gasteiger charge is -2.06. The summed E-state index contributed by atoms with van der Waals surface area (Å²) in [5.41, 5.74) is 5.34. The van der Waals surface area contributed by atoms with E-state index in [1.165, 1.54) is 11.1 Å². The number of para-hydroxylation sites is 1. The number of H-pyrrole nitrogens is 1. The fourth-order valence-electron chi connectivity index (χ4n) is 3.62. The molecule has 0 aliphatic heterocycles. The lowest BCUT2D eigenvalue weighted by molar-refractivity contribution is 0.0475. The first-order chi connectivity index (χ1) is 12.1. The molecule has 0 radical (unpaired) electrons.